The second-order valence-corrected chi connectivity index (χ2v) is 7.68. The molecule has 1 aliphatic heterocycles. The highest BCUT2D eigenvalue weighted by Gasteiger charge is 2.31. The standard InChI is InChI=1S/C17H28N2O2S/c1-5-14-13-8-10-22-15(13)7-9-19(14)16(20)11-18(6-2)12-17(3,4)21/h8,10,14,21H,5-7,9,11-12H2,1-4H3. The van der Waals surface area contributed by atoms with Crippen molar-refractivity contribution in [3.63, 3.8) is 0 Å². The molecule has 22 heavy (non-hydrogen) atoms. The minimum Gasteiger partial charge on any atom is -0.389 e. The number of carbonyl (C=O) groups excluding carboxylic acids is 1. The molecule has 1 atom stereocenters. The molecular weight excluding hydrogens is 296 g/mol. The van der Waals surface area contributed by atoms with Gasteiger partial charge in [-0.15, -0.1) is 11.3 Å². The summed E-state index contributed by atoms with van der Waals surface area (Å²) in [5, 5.41) is 12.1. The summed E-state index contributed by atoms with van der Waals surface area (Å²) in [6.45, 7) is 10.2. The van der Waals surface area contributed by atoms with E-state index in [1.165, 1.54) is 10.4 Å². The van der Waals surface area contributed by atoms with Gasteiger partial charge in [0.1, 0.15) is 0 Å². The fourth-order valence-corrected chi connectivity index (χ4v) is 4.17. The van der Waals surface area contributed by atoms with Crippen LogP contribution in [0.4, 0.5) is 0 Å². The van der Waals surface area contributed by atoms with E-state index >= 15 is 0 Å². The summed E-state index contributed by atoms with van der Waals surface area (Å²) in [5.41, 5.74) is 0.556. The van der Waals surface area contributed by atoms with Crippen molar-refractivity contribution in [3.05, 3.63) is 21.9 Å². The van der Waals surface area contributed by atoms with Crippen molar-refractivity contribution in [2.24, 2.45) is 0 Å². The van der Waals surface area contributed by atoms with Crippen molar-refractivity contribution in [1.82, 2.24) is 9.80 Å². The second kappa shape index (κ2) is 7.11. The average molecular weight is 324 g/mol. The lowest BCUT2D eigenvalue weighted by molar-refractivity contribution is -0.136. The van der Waals surface area contributed by atoms with Crippen molar-refractivity contribution >= 4 is 17.2 Å². The van der Waals surface area contributed by atoms with Gasteiger partial charge in [-0.3, -0.25) is 9.69 Å². The van der Waals surface area contributed by atoms with Gasteiger partial charge in [0.05, 0.1) is 18.2 Å². The summed E-state index contributed by atoms with van der Waals surface area (Å²) < 4.78 is 0. The predicted octanol–water partition coefficient (Wildman–Crippen LogP) is 2.68. The van der Waals surface area contributed by atoms with Crippen LogP contribution in [0.3, 0.4) is 0 Å². The Balaban J connectivity index is 2.06. The second-order valence-electron chi connectivity index (χ2n) is 6.68. The molecule has 0 saturated heterocycles. The number of aliphatic hydroxyl groups is 1. The van der Waals surface area contributed by atoms with Crippen LogP contribution in [0.5, 0.6) is 0 Å². The minimum atomic E-state index is -0.775. The van der Waals surface area contributed by atoms with Crippen molar-refractivity contribution in [3.8, 4) is 0 Å². The molecule has 0 saturated carbocycles. The number of thiophene rings is 1. The van der Waals surface area contributed by atoms with Crippen LogP contribution in [0.15, 0.2) is 11.4 Å². The van der Waals surface area contributed by atoms with E-state index in [1.807, 2.05) is 16.7 Å². The summed E-state index contributed by atoms with van der Waals surface area (Å²) in [5.74, 6) is 0.176. The number of amides is 1. The van der Waals surface area contributed by atoms with Crippen LogP contribution in [0, 0.1) is 0 Å². The highest BCUT2D eigenvalue weighted by molar-refractivity contribution is 7.10. The smallest absolute Gasteiger partial charge is 0.237 e. The number of nitrogens with zero attached hydrogens (tertiary/aromatic N) is 2. The van der Waals surface area contributed by atoms with Crippen LogP contribution < -0.4 is 0 Å². The lowest BCUT2D eigenvalue weighted by Crippen LogP contribution is -2.47. The molecule has 5 heteroatoms. The molecule has 0 fully saturated rings. The van der Waals surface area contributed by atoms with Crippen molar-refractivity contribution < 1.29 is 9.90 Å². The lowest BCUT2D eigenvalue weighted by Gasteiger charge is -2.37. The highest BCUT2D eigenvalue weighted by atomic mass is 32.1. The van der Waals surface area contributed by atoms with E-state index in [-0.39, 0.29) is 11.9 Å². The number of hydrogen-bond donors (Lipinski definition) is 1. The number of likely N-dealkylation sites (N-methyl/N-ethyl adjacent to an activating group) is 1. The molecule has 1 unspecified atom stereocenters. The summed E-state index contributed by atoms with van der Waals surface area (Å²) in [4.78, 5) is 18.2. The van der Waals surface area contributed by atoms with Crippen LogP contribution in [0.1, 0.15) is 50.6 Å². The zero-order chi connectivity index (χ0) is 16.3. The van der Waals surface area contributed by atoms with Gasteiger partial charge in [-0.1, -0.05) is 13.8 Å². The van der Waals surface area contributed by atoms with E-state index in [2.05, 4.69) is 18.4 Å². The largest absolute Gasteiger partial charge is 0.389 e. The molecule has 0 bridgehead atoms. The Morgan fingerprint density at radius 2 is 2.23 bits per heavy atom. The number of hydrogen-bond acceptors (Lipinski definition) is 4. The normalized spacial score (nSPS) is 18.6. The first-order valence-corrected chi connectivity index (χ1v) is 9.04. The molecule has 2 rings (SSSR count). The van der Waals surface area contributed by atoms with Gasteiger partial charge >= 0.3 is 0 Å². The van der Waals surface area contributed by atoms with E-state index < -0.39 is 5.60 Å². The Labute approximate surface area is 137 Å². The van der Waals surface area contributed by atoms with Gasteiger partial charge in [0, 0.05) is 18.0 Å². The summed E-state index contributed by atoms with van der Waals surface area (Å²) in [7, 11) is 0. The molecule has 1 aromatic rings. The average Bonchev–Trinajstić information content (AvgIpc) is 2.92. The first-order chi connectivity index (χ1) is 10.4. The first-order valence-electron chi connectivity index (χ1n) is 8.16. The van der Waals surface area contributed by atoms with Crippen molar-refractivity contribution in [2.45, 2.75) is 52.2 Å². The molecule has 4 nitrogen and oxygen atoms in total. The summed E-state index contributed by atoms with van der Waals surface area (Å²) >= 11 is 1.80. The summed E-state index contributed by atoms with van der Waals surface area (Å²) in [6.07, 6.45) is 1.92. The van der Waals surface area contributed by atoms with Gasteiger partial charge in [-0.05, 0) is 50.2 Å². The number of carbonyl (C=O) groups is 1. The first kappa shape index (κ1) is 17.4. The third kappa shape index (κ3) is 4.09. The molecule has 1 aromatic heterocycles. The van der Waals surface area contributed by atoms with E-state index in [1.54, 1.807) is 25.2 Å². The highest BCUT2D eigenvalue weighted by Crippen LogP contribution is 2.35. The van der Waals surface area contributed by atoms with Crippen molar-refractivity contribution in [1.29, 1.82) is 0 Å². The quantitative estimate of drug-likeness (QED) is 0.875. The fourth-order valence-electron chi connectivity index (χ4n) is 3.24. The molecule has 2 heterocycles. The van der Waals surface area contributed by atoms with Gasteiger partial charge in [-0.25, -0.2) is 0 Å². The monoisotopic (exact) mass is 324 g/mol. The number of fused-ring (bicyclic) bond motifs is 1. The minimum absolute atomic E-state index is 0.176. The maximum Gasteiger partial charge on any atom is 0.237 e. The van der Waals surface area contributed by atoms with Crippen molar-refractivity contribution in [2.75, 3.05) is 26.2 Å². The molecular formula is C17H28N2O2S. The Kier molecular flexibility index (Phi) is 5.64. The maximum atomic E-state index is 12.8. The van der Waals surface area contributed by atoms with E-state index in [0.29, 0.717) is 13.1 Å². The SMILES string of the molecule is CCC1c2ccsc2CCN1C(=O)CN(CC)CC(C)(C)O. The zero-order valence-electron chi connectivity index (χ0n) is 14.1. The third-order valence-electron chi connectivity index (χ3n) is 4.22. The molecule has 0 aliphatic carbocycles. The Bertz CT molecular complexity index is 507. The molecule has 0 aromatic carbocycles. The van der Waals surface area contributed by atoms with Crippen LogP contribution in [-0.4, -0.2) is 52.6 Å². The van der Waals surface area contributed by atoms with Crippen LogP contribution in [0.2, 0.25) is 0 Å². The van der Waals surface area contributed by atoms with Gasteiger partial charge in [0.15, 0.2) is 0 Å². The van der Waals surface area contributed by atoms with Crippen LogP contribution in [0.25, 0.3) is 0 Å². The van der Waals surface area contributed by atoms with Crippen LogP contribution in [-0.2, 0) is 11.2 Å². The molecule has 1 aliphatic rings. The third-order valence-corrected chi connectivity index (χ3v) is 5.22. The molecule has 0 spiro atoms. The summed E-state index contributed by atoms with van der Waals surface area (Å²) in [6, 6.07) is 2.38. The van der Waals surface area contributed by atoms with Gasteiger partial charge < -0.3 is 10.0 Å². The zero-order valence-corrected chi connectivity index (χ0v) is 14.9. The predicted molar refractivity (Wildman–Crippen MR) is 91.2 cm³/mol. The molecule has 1 N–H and O–H groups in total. The van der Waals surface area contributed by atoms with E-state index in [4.69, 9.17) is 0 Å². The lowest BCUT2D eigenvalue weighted by atomic mass is 9.97. The Morgan fingerprint density at radius 3 is 2.82 bits per heavy atom. The number of rotatable bonds is 6. The topological polar surface area (TPSA) is 43.8 Å². The molecule has 1 amide bonds. The molecule has 124 valence electrons. The van der Waals surface area contributed by atoms with Gasteiger partial charge in [0.2, 0.25) is 5.91 Å². The Hall–Kier alpha value is -0.910. The van der Waals surface area contributed by atoms with E-state index in [0.717, 1.165) is 25.9 Å². The maximum absolute atomic E-state index is 12.8. The fraction of sp³-hybridized carbons (Fsp3) is 0.706. The Morgan fingerprint density at radius 1 is 1.50 bits per heavy atom. The van der Waals surface area contributed by atoms with Gasteiger partial charge in [0.25, 0.3) is 0 Å². The van der Waals surface area contributed by atoms with E-state index in [9.17, 15) is 9.90 Å². The molecule has 0 radical (unpaired) electrons. The van der Waals surface area contributed by atoms with Gasteiger partial charge in [-0.2, -0.15) is 0 Å². The van der Waals surface area contributed by atoms with Crippen LogP contribution >= 0.6 is 11.3 Å².